The van der Waals surface area contributed by atoms with E-state index in [2.05, 4.69) is 55.5 Å². The predicted molar refractivity (Wildman–Crippen MR) is 95.4 cm³/mol. The van der Waals surface area contributed by atoms with E-state index in [0.29, 0.717) is 0 Å². The third kappa shape index (κ3) is 3.30. The molecule has 0 amide bonds. The molecule has 0 bridgehead atoms. The average Bonchev–Trinajstić information content (AvgIpc) is 2.73. The van der Waals surface area contributed by atoms with Gasteiger partial charge in [-0.05, 0) is 30.5 Å². The molecule has 1 aromatic rings. The maximum Gasteiger partial charge on any atom is 0.0719 e. The zero-order valence-corrected chi connectivity index (χ0v) is 13.5. The van der Waals surface area contributed by atoms with Gasteiger partial charge in [-0.3, -0.25) is 0 Å². The fourth-order valence-corrected chi connectivity index (χ4v) is 3.27. The van der Waals surface area contributed by atoms with Crippen molar-refractivity contribution in [3.8, 4) is 11.3 Å². The zero-order chi connectivity index (χ0) is 15.2. The summed E-state index contributed by atoms with van der Waals surface area (Å²) in [5.74, 6) is 0. The van der Waals surface area contributed by atoms with E-state index in [9.17, 15) is 0 Å². The highest BCUT2D eigenvalue weighted by Crippen LogP contribution is 2.33. The second kappa shape index (κ2) is 7.40. The molecule has 0 unspecified atom stereocenters. The van der Waals surface area contributed by atoms with Crippen LogP contribution >= 0.6 is 0 Å². The largest absolute Gasteiger partial charge is 0.248 e. The minimum atomic E-state index is 1.11. The van der Waals surface area contributed by atoms with Gasteiger partial charge in [-0.15, -0.1) is 0 Å². The summed E-state index contributed by atoms with van der Waals surface area (Å²) in [7, 11) is 0. The van der Waals surface area contributed by atoms with E-state index >= 15 is 0 Å². The second-order valence-electron chi connectivity index (χ2n) is 6.15. The normalized spacial score (nSPS) is 11.3. The van der Waals surface area contributed by atoms with Gasteiger partial charge >= 0.3 is 0 Å². The number of aromatic nitrogens is 1. The maximum absolute atomic E-state index is 4.78. The van der Waals surface area contributed by atoms with Crippen LogP contribution in [0.1, 0.15) is 51.0 Å². The Morgan fingerprint density at radius 3 is 2.50 bits per heavy atom. The molecular weight excluding hydrogens is 266 g/mol. The average molecular weight is 291 g/mol. The van der Waals surface area contributed by atoms with Crippen molar-refractivity contribution in [2.24, 2.45) is 0 Å². The van der Waals surface area contributed by atoms with E-state index in [1.807, 2.05) is 0 Å². The van der Waals surface area contributed by atoms with Gasteiger partial charge < -0.3 is 0 Å². The Labute approximate surface area is 133 Å². The lowest BCUT2D eigenvalue weighted by Gasteiger charge is -2.05. The van der Waals surface area contributed by atoms with Crippen LogP contribution in [-0.4, -0.2) is 4.98 Å². The summed E-state index contributed by atoms with van der Waals surface area (Å²) >= 11 is 0. The molecular formula is C21H25N. The van der Waals surface area contributed by atoms with Crippen molar-refractivity contribution in [2.45, 2.75) is 51.9 Å². The van der Waals surface area contributed by atoms with Crippen molar-refractivity contribution in [2.75, 3.05) is 0 Å². The highest BCUT2D eigenvalue weighted by atomic mass is 14.7. The Bertz CT molecular complexity index is 701. The SMILES string of the molecule is CCCCCCCCc1cccc2nc3cccccc-3c12. The number of nitrogens with zero attached hydrogens (tertiary/aromatic N) is 1. The molecule has 1 aromatic carbocycles. The van der Waals surface area contributed by atoms with Gasteiger partial charge in [0.25, 0.3) is 0 Å². The number of aryl methyl sites for hydroxylation is 1. The molecule has 0 N–H and O–H groups in total. The van der Waals surface area contributed by atoms with E-state index in [-0.39, 0.29) is 0 Å². The van der Waals surface area contributed by atoms with Crippen molar-refractivity contribution >= 4 is 10.9 Å². The third-order valence-electron chi connectivity index (χ3n) is 4.45. The van der Waals surface area contributed by atoms with Crippen LogP contribution in [-0.2, 0) is 6.42 Å². The molecule has 0 saturated heterocycles. The zero-order valence-electron chi connectivity index (χ0n) is 13.5. The van der Waals surface area contributed by atoms with Gasteiger partial charge in [0.05, 0.1) is 11.2 Å². The van der Waals surface area contributed by atoms with Crippen LogP contribution in [0.15, 0.2) is 48.5 Å². The summed E-state index contributed by atoms with van der Waals surface area (Å²) in [6.07, 6.45) is 9.26. The molecule has 1 aliphatic carbocycles. The predicted octanol–water partition coefficient (Wildman–Crippen LogP) is 6.24. The molecule has 1 heterocycles. The molecule has 0 aromatic heterocycles. The molecule has 0 atom stereocenters. The molecule has 114 valence electrons. The number of rotatable bonds is 7. The molecule has 0 radical (unpaired) electrons. The summed E-state index contributed by atoms with van der Waals surface area (Å²) in [5, 5.41) is 1.36. The topological polar surface area (TPSA) is 12.9 Å². The first-order chi connectivity index (χ1) is 10.9. The minimum absolute atomic E-state index is 1.11. The number of fused-ring (bicyclic) bond motifs is 3. The molecule has 1 aliphatic heterocycles. The summed E-state index contributed by atoms with van der Waals surface area (Å²) in [6, 6.07) is 17.2. The van der Waals surface area contributed by atoms with Crippen LogP contribution in [0.2, 0.25) is 0 Å². The van der Waals surface area contributed by atoms with Gasteiger partial charge in [-0.2, -0.15) is 0 Å². The Balaban J connectivity index is 1.78. The Morgan fingerprint density at radius 1 is 0.773 bits per heavy atom. The molecule has 1 nitrogen and oxygen atoms in total. The second-order valence-corrected chi connectivity index (χ2v) is 6.15. The van der Waals surface area contributed by atoms with Crippen LogP contribution in [0, 0.1) is 0 Å². The molecule has 22 heavy (non-hydrogen) atoms. The van der Waals surface area contributed by atoms with Gasteiger partial charge in [0.15, 0.2) is 0 Å². The number of hydrogen-bond acceptors (Lipinski definition) is 1. The Kier molecular flexibility index (Phi) is 5.05. The van der Waals surface area contributed by atoms with Crippen LogP contribution in [0.3, 0.4) is 0 Å². The van der Waals surface area contributed by atoms with E-state index in [1.165, 1.54) is 61.5 Å². The smallest absolute Gasteiger partial charge is 0.0719 e. The molecule has 3 rings (SSSR count). The Morgan fingerprint density at radius 2 is 1.59 bits per heavy atom. The first-order valence-corrected chi connectivity index (χ1v) is 8.66. The minimum Gasteiger partial charge on any atom is -0.248 e. The lowest BCUT2D eigenvalue weighted by atomic mass is 9.99. The van der Waals surface area contributed by atoms with Crippen LogP contribution < -0.4 is 0 Å². The number of benzene rings is 1. The molecule has 2 aliphatic rings. The lowest BCUT2D eigenvalue weighted by molar-refractivity contribution is 0.608. The van der Waals surface area contributed by atoms with E-state index in [1.54, 1.807) is 0 Å². The molecule has 1 heteroatoms. The van der Waals surface area contributed by atoms with Gasteiger partial charge in [0.2, 0.25) is 0 Å². The third-order valence-corrected chi connectivity index (χ3v) is 4.45. The summed E-state index contributed by atoms with van der Waals surface area (Å²) < 4.78 is 0. The fraction of sp³-hybridized carbons (Fsp3) is 0.381. The van der Waals surface area contributed by atoms with Gasteiger partial charge in [0.1, 0.15) is 0 Å². The van der Waals surface area contributed by atoms with Gasteiger partial charge in [-0.25, -0.2) is 4.98 Å². The van der Waals surface area contributed by atoms with Crippen molar-refractivity contribution in [1.82, 2.24) is 4.98 Å². The van der Waals surface area contributed by atoms with Crippen LogP contribution in [0.25, 0.3) is 22.2 Å². The van der Waals surface area contributed by atoms with E-state index in [4.69, 9.17) is 4.98 Å². The van der Waals surface area contributed by atoms with Crippen molar-refractivity contribution in [3.63, 3.8) is 0 Å². The van der Waals surface area contributed by atoms with Crippen molar-refractivity contribution in [3.05, 3.63) is 54.1 Å². The molecule has 0 spiro atoms. The maximum atomic E-state index is 4.78. The summed E-state index contributed by atoms with van der Waals surface area (Å²) in [4.78, 5) is 4.78. The fourth-order valence-electron chi connectivity index (χ4n) is 3.27. The highest BCUT2D eigenvalue weighted by Gasteiger charge is 2.13. The van der Waals surface area contributed by atoms with Crippen molar-refractivity contribution < 1.29 is 0 Å². The quantitative estimate of drug-likeness (QED) is 0.469. The van der Waals surface area contributed by atoms with Gasteiger partial charge in [-0.1, -0.05) is 75.4 Å². The van der Waals surface area contributed by atoms with Crippen LogP contribution in [0.5, 0.6) is 0 Å². The van der Waals surface area contributed by atoms with Crippen molar-refractivity contribution in [1.29, 1.82) is 0 Å². The standard InChI is InChI=1S/C21H25N/c1-2-3-4-5-6-8-12-17-13-11-16-20-21(17)18-14-9-7-10-15-19(18)22-20/h7,9-11,13-16H,2-6,8,12H2,1H3. The van der Waals surface area contributed by atoms with Gasteiger partial charge in [0, 0.05) is 10.9 Å². The van der Waals surface area contributed by atoms with Crippen LogP contribution in [0.4, 0.5) is 0 Å². The first-order valence-electron chi connectivity index (χ1n) is 8.66. The number of hydrogen-bond donors (Lipinski definition) is 0. The summed E-state index contributed by atoms with van der Waals surface area (Å²) in [6.45, 7) is 2.27. The highest BCUT2D eigenvalue weighted by molar-refractivity contribution is 5.99. The molecule has 0 saturated carbocycles. The van der Waals surface area contributed by atoms with E-state index in [0.717, 1.165) is 11.2 Å². The van der Waals surface area contributed by atoms with E-state index < -0.39 is 0 Å². The molecule has 0 fully saturated rings. The Hall–Kier alpha value is -1.89. The summed E-state index contributed by atoms with van der Waals surface area (Å²) in [5.41, 5.74) is 5.00. The first kappa shape index (κ1) is 15.0. The monoisotopic (exact) mass is 291 g/mol. The lowest BCUT2D eigenvalue weighted by Crippen LogP contribution is -1.88. The number of unbranched alkanes of at least 4 members (excludes halogenated alkanes) is 5.